The Kier molecular flexibility index (Phi) is 4.73. The first kappa shape index (κ1) is 17.2. The molecule has 4 rings (SSSR count). The summed E-state index contributed by atoms with van der Waals surface area (Å²) in [5.41, 5.74) is 5.64. The molecule has 0 saturated carbocycles. The average molecular weight is 367 g/mol. The summed E-state index contributed by atoms with van der Waals surface area (Å²) in [4.78, 5) is 12.6. The van der Waals surface area contributed by atoms with E-state index in [1.54, 1.807) is 0 Å². The van der Waals surface area contributed by atoms with Gasteiger partial charge < -0.3 is 9.88 Å². The van der Waals surface area contributed by atoms with Crippen molar-refractivity contribution in [3.8, 4) is 0 Å². The van der Waals surface area contributed by atoms with Crippen molar-refractivity contribution in [2.24, 2.45) is 0 Å². The van der Waals surface area contributed by atoms with Crippen LogP contribution in [0.2, 0.25) is 5.02 Å². The van der Waals surface area contributed by atoms with Gasteiger partial charge in [-0.1, -0.05) is 43.1 Å². The van der Waals surface area contributed by atoms with Gasteiger partial charge in [0, 0.05) is 29.0 Å². The van der Waals surface area contributed by atoms with Crippen LogP contribution in [0.25, 0.3) is 10.9 Å². The van der Waals surface area contributed by atoms with Crippen LogP contribution in [0.3, 0.4) is 0 Å². The largest absolute Gasteiger partial charge is 0.350 e. The fourth-order valence-corrected chi connectivity index (χ4v) is 3.97. The number of unbranched alkanes of at least 4 members (excludes halogenated alkanes) is 1. The number of benzene rings is 2. The lowest BCUT2D eigenvalue weighted by Gasteiger charge is -2.16. The van der Waals surface area contributed by atoms with E-state index in [0.717, 1.165) is 34.6 Å². The molecule has 0 fully saturated rings. The first-order chi connectivity index (χ1) is 12.7. The van der Waals surface area contributed by atoms with Crippen LogP contribution in [0, 0.1) is 0 Å². The van der Waals surface area contributed by atoms with Crippen LogP contribution in [0.15, 0.2) is 42.5 Å². The summed E-state index contributed by atoms with van der Waals surface area (Å²) in [6.07, 6.45) is 4.37. The zero-order valence-corrected chi connectivity index (χ0v) is 15.8. The maximum Gasteiger partial charge on any atom is 0.268 e. The van der Waals surface area contributed by atoms with E-state index in [2.05, 4.69) is 35.0 Å². The number of amides is 1. The number of carbonyl (C=O) groups is 1. The predicted molar refractivity (Wildman–Crippen MR) is 107 cm³/mol. The first-order valence-electron chi connectivity index (χ1n) is 9.34. The van der Waals surface area contributed by atoms with Gasteiger partial charge in [-0.3, -0.25) is 4.79 Å². The van der Waals surface area contributed by atoms with E-state index in [-0.39, 0.29) is 5.91 Å². The molecule has 0 spiro atoms. The summed E-state index contributed by atoms with van der Waals surface area (Å²) < 4.78 is 2.16. The van der Waals surface area contributed by atoms with Crippen molar-refractivity contribution in [1.29, 1.82) is 0 Å². The molecular formula is C22H23ClN2O. The Morgan fingerprint density at radius 3 is 2.65 bits per heavy atom. The lowest BCUT2D eigenvalue weighted by molar-refractivity contribution is 0.0937. The van der Waals surface area contributed by atoms with Gasteiger partial charge in [0.1, 0.15) is 5.69 Å². The van der Waals surface area contributed by atoms with E-state index in [1.807, 2.05) is 24.3 Å². The Hall–Kier alpha value is -2.26. The van der Waals surface area contributed by atoms with Crippen molar-refractivity contribution in [2.45, 2.75) is 39.2 Å². The summed E-state index contributed by atoms with van der Waals surface area (Å²) >= 11 is 6.02. The van der Waals surface area contributed by atoms with Gasteiger partial charge in [-0.25, -0.2) is 0 Å². The van der Waals surface area contributed by atoms with Crippen LogP contribution in [0.4, 0.5) is 0 Å². The second kappa shape index (κ2) is 7.16. The monoisotopic (exact) mass is 366 g/mol. The van der Waals surface area contributed by atoms with Gasteiger partial charge in [0.05, 0.1) is 0 Å². The highest BCUT2D eigenvalue weighted by Crippen LogP contribution is 2.31. The molecule has 0 bridgehead atoms. The summed E-state index contributed by atoms with van der Waals surface area (Å²) in [5.74, 6) is 0.0338. The minimum atomic E-state index is 0.0338. The van der Waals surface area contributed by atoms with Crippen LogP contribution >= 0.6 is 11.6 Å². The van der Waals surface area contributed by atoms with Gasteiger partial charge >= 0.3 is 0 Å². The van der Waals surface area contributed by atoms with Crippen LogP contribution < -0.4 is 5.32 Å². The molecule has 4 heteroatoms. The van der Waals surface area contributed by atoms with Gasteiger partial charge in [0.25, 0.3) is 5.91 Å². The molecule has 0 radical (unpaired) electrons. The van der Waals surface area contributed by atoms with Gasteiger partial charge in [-0.05, 0) is 60.2 Å². The maximum atomic E-state index is 12.6. The summed E-state index contributed by atoms with van der Waals surface area (Å²) in [5, 5.41) is 4.96. The molecule has 2 heterocycles. The Balaban J connectivity index is 1.83. The molecule has 2 aromatic carbocycles. The summed E-state index contributed by atoms with van der Waals surface area (Å²) in [6, 6.07) is 14.5. The Morgan fingerprint density at radius 2 is 1.88 bits per heavy atom. The molecule has 26 heavy (non-hydrogen) atoms. The normalized spacial score (nSPS) is 13.7. The zero-order chi connectivity index (χ0) is 18.1. The number of nitrogens with zero attached hydrogens (tertiary/aromatic N) is 1. The molecule has 0 unspecified atom stereocenters. The highest BCUT2D eigenvalue weighted by atomic mass is 35.5. The Labute approximate surface area is 159 Å². The fraction of sp³-hybridized carbons (Fsp3) is 0.318. The smallest absolute Gasteiger partial charge is 0.268 e. The van der Waals surface area contributed by atoms with E-state index in [1.165, 1.54) is 29.4 Å². The molecule has 0 aliphatic carbocycles. The Bertz CT molecular complexity index is 956. The molecule has 1 aliphatic heterocycles. The summed E-state index contributed by atoms with van der Waals surface area (Å²) in [7, 11) is 0. The van der Waals surface area contributed by atoms with Crippen LogP contribution in [-0.2, 0) is 19.4 Å². The van der Waals surface area contributed by atoms with Crippen LogP contribution in [-0.4, -0.2) is 17.0 Å². The zero-order valence-electron chi connectivity index (χ0n) is 15.0. The van der Waals surface area contributed by atoms with Crippen molar-refractivity contribution >= 4 is 28.4 Å². The third-order valence-electron chi connectivity index (χ3n) is 5.18. The third kappa shape index (κ3) is 3.12. The fourth-order valence-electron chi connectivity index (χ4n) is 3.84. The number of hydrogen-bond acceptors (Lipinski definition) is 1. The predicted octanol–water partition coefficient (Wildman–Crippen LogP) is 4.97. The van der Waals surface area contributed by atoms with E-state index in [4.69, 9.17) is 11.6 Å². The summed E-state index contributed by atoms with van der Waals surface area (Å²) in [6.45, 7) is 3.60. The van der Waals surface area contributed by atoms with Crippen molar-refractivity contribution < 1.29 is 4.79 Å². The minimum absolute atomic E-state index is 0.0338. The maximum absolute atomic E-state index is 12.6. The van der Waals surface area contributed by atoms with E-state index >= 15 is 0 Å². The number of aryl methyl sites for hydroxylation is 1. The standard InChI is InChI=1S/C22H23ClN2O/c1-2-3-4-15-7-10-20-19(13-15)18-11-12-24-22(26)21(18)25(20)14-16-5-8-17(23)9-6-16/h5-10,13H,2-4,11-12,14H2,1H3,(H,24,26). The lowest BCUT2D eigenvalue weighted by atomic mass is 10.0. The number of carbonyl (C=O) groups excluding carboxylic acids is 1. The molecule has 1 aromatic heterocycles. The number of nitrogens with one attached hydrogen (secondary N) is 1. The van der Waals surface area contributed by atoms with E-state index in [0.29, 0.717) is 13.1 Å². The number of fused-ring (bicyclic) bond motifs is 3. The number of aromatic nitrogens is 1. The highest BCUT2D eigenvalue weighted by molar-refractivity contribution is 6.30. The lowest BCUT2D eigenvalue weighted by Crippen LogP contribution is -2.33. The molecule has 0 saturated heterocycles. The van der Waals surface area contributed by atoms with Crippen molar-refractivity contribution in [1.82, 2.24) is 9.88 Å². The highest BCUT2D eigenvalue weighted by Gasteiger charge is 2.26. The number of rotatable bonds is 5. The molecule has 3 nitrogen and oxygen atoms in total. The molecule has 0 atom stereocenters. The van der Waals surface area contributed by atoms with Crippen molar-refractivity contribution in [2.75, 3.05) is 6.54 Å². The topological polar surface area (TPSA) is 34.0 Å². The number of hydrogen-bond donors (Lipinski definition) is 1. The molecule has 3 aromatic rings. The first-order valence-corrected chi connectivity index (χ1v) is 9.72. The molecule has 134 valence electrons. The van der Waals surface area contributed by atoms with Gasteiger partial charge in [-0.15, -0.1) is 0 Å². The van der Waals surface area contributed by atoms with Gasteiger partial charge in [0.2, 0.25) is 0 Å². The molecular weight excluding hydrogens is 344 g/mol. The van der Waals surface area contributed by atoms with Crippen LogP contribution in [0.5, 0.6) is 0 Å². The second-order valence-electron chi connectivity index (χ2n) is 7.00. The number of halogens is 1. The SMILES string of the molecule is CCCCc1ccc2c(c1)c1c(n2Cc2ccc(Cl)cc2)C(=O)NCC1. The molecule has 1 aliphatic rings. The Morgan fingerprint density at radius 1 is 1.12 bits per heavy atom. The van der Waals surface area contributed by atoms with E-state index < -0.39 is 0 Å². The van der Waals surface area contributed by atoms with Crippen molar-refractivity contribution in [3.63, 3.8) is 0 Å². The second-order valence-corrected chi connectivity index (χ2v) is 7.44. The van der Waals surface area contributed by atoms with Gasteiger partial charge in [0.15, 0.2) is 0 Å². The average Bonchev–Trinajstić information content (AvgIpc) is 2.96. The van der Waals surface area contributed by atoms with Gasteiger partial charge in [-0.2, -0.15) is 0 Å². The minimum Gasteiger partial charge on any atom is -0.350 e. The quantitative estimate of drug-likeness (QED) is 0.679. The molecule has 1 N–H and O–H groups in total. The van der Waals surface area contributed by atoms with Crippen LogP contribution in [0.1, 0.15) is 46.9 Å². The van der Waals surface area contributed by atoms with E-state index in [9.17, 15) is 4.79 Å². The third-order valence-corrected chi connectivity index (χ3v) is 5.43. The molecule has 1 amide bonds. The van der Waals surface area contributed by atoms with Crippen molar-refractivity contribution in [3.05, 3.63) is 69.9 Å².